The number of nitrogens with one attached hydrogen (secondary N) is 1. The van der Waals surface area contributed by atoms with Gasteiger partial charge in [-0.3, -0.25) is 0 Å². The number of aliphatic hydroxyl groups is 1. The molecular weight excluding hydrogens is 254 g/mol. The summed E-state index contributed by atoms with van der Waals surface area (Å²) in [5.41, 5.74) is 2.34. The molecular formula is C12H14BrNO. The minimum Gasteiger partial charge on any atom is -0.393 e. The molecule has 1 heterocycles. The molecule has 2 nitrogen and oxygen atoms in total. The molecule has 2 aromatic rings. The van der Waals surface area contributed by atoms with Gasteiger partial charge in [0.1, 0.15) is 0 Å². The van der Waals surface area contributed by atoms with E-state index >= 15 is 0 Å². The van der Waals surface area contributed by atoms with E-state index in [-0.39, 0.29) is 6.10 Å². The normalized spacial score (nSPS) is 13.3. The van der Waals surface area contributed by atoms with Crippen LogP contribution in [-0.4, -0.2) is 16.2 Å². The average molecular weight is 268 g/mol. The molecule has 1 aromatic carbocycles. The summed E-state index contributed by atoms with van der Waals surface area (Å²) in [6.45, 7) is 1.82. The second kappa shape index (κ2) is 4.37. The maximum atomic E-state index is 9.21. The molecule has 80 valence electrons. The van der Waals surface area contributed by atoms with E-state index in [0.717, 1.165) is 22.8 Å². The predicted molar refractivity (Wildman–Crippen MR) is 66.0 cm³/mol. The molecule has 1 atom stereocenters. The first-order chi connectivity index (χ1) is 7.15. The highest BCUT2D eigenvalue weighted by atomic mass is 79.9. The minimum atomic E-state index is -0.233. The van der Waals surface area contributed by atoms with Crippen LogP contribution in [0.5, 0.6) is 0 Å². The summed E-state index contributed by atoms with van der Waals surface area (Å²) in [6.07, 6.45) is 1.46. The molecule has 15 heavy (non-hydrogen) atoms. The Bertz CT molecular complexity index is 462. The average Bonchev–Trinajstić information content (AvgIpc) is 2.56. The van der Waals surface area contributed by atoms with Crippen molar-refractivity contribution in [3.8, 4) is 0 Å². The van der Waals surface area contributed by atoms with E-state index in [4.69, 9.17) is 0 Å². The number of aliphatic hydroxyl groups excluding tert-OH is 1. The molecule has 3 heteroatoms. The predicted octanol–water partition coefficient (Wildman–Crippen LogP) is 3.24. The van der Waals surface area contributed by atoms with Crippen molar-refractivity contribution < 1.29 is 5.11 Å². The Balaban J connectivity index is 2.23. The fraction of sp³-hybridized carbons (Fsp3) is 0.333. The lowest BCUT2D eigenvalue weighted by Gasteiger charge is -2.00. The summed E-state index contributed by atoms with van der Waals surface area (Å²) in [4.78, 5) is 3.35. The molecule has 0 aliphatic carbocycles. The van der Waals surface area contributed by atoms with Gasteiger partial charge in [0.05, 0.1) is 6.10 Å². The van der Waals surface area contributed by atoms with Gasteiger partial charge in [-0.1, -0.05) is 15.9 Å². The van der Waals surface area contributed by atoms with Crippen LogP contribution >= 0.6 is 15.9 Å². The Kier molecular flexibility index (Phi) is 3.12. The summed E-state index contributed by atoms with van der Waals surface area (Å²) in [5.74, 6) is 0. The molecule has 0 spiro atoms. The molecule has 0 amide bonds. The van der Waals surface area contributed by atoms with Crippen LogP contribution in [0.4, 0.5) is 0 Å². The van der Waals surface area contributed by atoms with Gasteiger partial charge in [-0.25, -0.2) is 0 Å². The van der Waals surface area contributed by atoms with Crippen LogP contribution in [0.3, 0.4) is 0 Å². The van der Waals surface area contributed by atoms with Crippen molar-refractivity contribution >= 4 is 26.8 Å². The van der Waals surface area contributed by atoms with E-state index in [0.29, 0.717) is 0 Å². The molecule has 0 radical (unpaired) electrons. The van der Waals surface area contributed by atoms with Crippen LogP contribution in [0.15, 0.2) is 28.7 Å². The lowest BCUT2D eigenvalue weighted by Crippen LogP contribution is -2.01. The quantitative estimate of drug-likeness (QED) is 0.880. The third-order valence-corrected chi connectivity index (χ3v) is 2.96. The molecule has 0 aliphatic heterocycles. The first-order valence-electron chi connectivity index (χ1n) is 5.10. The largest absolute Gasteiger partial charge is 0.393 e. The van der Waals surface area contributed by atoms with E-state index in [9.17, 15) is 5.11 Å². The number of hydrogen-bond acceptors (Lipinski definition) is 1. The van der Waals surface area contributed by atoms with Crippen molar-refractivity contribution in [1.82, 2.24) is 4.98 Å². The zero-order valence-electron chi connectivity index (χ0n) is 8.63. The van der Waals surface area contributed by atoms with Crippen LogP contribution in [-0.2, 0) is 6.42 Å². The van der Waals surface area contributed by atoms with Crippen molar-refractivity contribution in [3.05, 3.63) is 34.4 Å². The maximum absolute atomic E-state index is 9.21. The molecule has 0 unspecified atom stereocenters. The topological polar surface area (TPSA) is 36.0 Å². The Labute approximate surface area is 97.4 Å². The number of H-pyrrole nitrogens is 1. The zero-order valence-corrected chi connectivity index (χ0v) is 10.2. The first-order valence-corrected chi connectivity index (χ1v) is 5.89. The van der Waals surface area contributed by atoms with E-state index in [1.54, 1.807) is 0 Å². The number of hydrogen-bond donors (Lipinski definition) is 2. The lowest BCUT2D eigenvalue weighted by molar-refractivity contribution is 0.184. The Hall–Kier alpha value is -0.800. The Morgan fingerprint density at radius 1 is 1.40 bits per heavy atom. The van der Waals surface area contributed by atoms with Crippen molar-refractivity contribution in [2.75, 3.05) is 0 Å². The summed E-state index contributed by atoms with van der Waals surface area (Å²) in [6, 6.07) is 8.32. The van der Waals surface area contributed by atoms with Crippen molar-refractivity contribution in [2.24, 2.45) is 0 Å². The van der Waals surface area contributed by atoms with Gasteiger partial charge in [-0.05, 0) is 44.0 Å². The van der Waals surface area contributed by atoms with E-state index < -0.39 is 0 Å². The third kappa shape index (κ3) is 2.61. The highest BCUT2D eigenvalue weighted by molar-refractivity contribution is 9.10. The SMILES string of the molecule is C[C@@H](O)CCc1cc2cc(Br)ccc2[nH]1. The van der Waals surface area contributed by atoms with Crippen molar-refractivity contribution in [1.29, 1.82) is 0 Å². The zero-order chi connectivity index (χ0) is 10.8. The van der Waals surface area contributed by atoms with Crippen molar-refractivity contribution in [2.45, 2.75) is 25.9 Å². The summed E-state index contributed by atoms with van der Waals surface area (Å²) >= 11 is 3.45. The molecule has 0 saturated heterocycles. The maximum Gasteiger partial charge on any atom is 0.0515 e. The second-order valence-corrected chi connectivity index (χ2v) is 4.83. The fourth-order valence-corrected chi connectivity index (χ4v) is 2.04. The minimum absolute atomic E-state index is 0.233. The monoisotopic (exact) mass is 267 g/mol. The summed E-state index contributed by atoms with van der Waals surface area (Å²) in [5, 5.41) is 10.4. The van der Waals surface area contributed by atoms with Crippen LogP contribution in [0.2, 0.25) is 0 Å². The number of aromatic amines is 1. The number of rotatable bonds is 3. The van der Waals surface area contributed by atoms with E-state index in [2.05, 4.69) is 39.1 Å². The molecule has 1 aromatic heterocycles. The van der Waals surface area contributed by atoms with Crippen LogP contribution in [0, 0.1) is 0 Å². The van der Waals surface area contributed by atoms with Crippen LogP contribution in [0.25, 0.3) is 10.9 Å². The highest BCUT2D eigenvalue weighted by Gasteiger charge is 2.02. The third-order valence-electron chi connectivity index (χ3n) is 2.47. The number of aryl methyl sites for hydroxylation is 1. The van der Waals surface area contributed by atoms with E-state index in [1.165, 1.54) is 11.1 Å². The summed E-state index contributed by atoms with van der Waals surface area (Å²) in [7, 11) is 0. The highest BCUT2D eigenvalue weighted by Crippen LogP contribution is 2.21. The molecule has 0 fully saturated rings. The van der Waals surface area contributed by atoms with E-state index in [1.807, 2.05) is 13.0 Å². The van der Waals surface area contributed by atoms with Gasteiger partial charge in [0.25, 0.3) is 0 Å². The Morgan fingerprint density at radius 3 is 2.93 bits per heavy atom. The smallest absolute Gasteiger partial charge is 0.0515 e. The molecule has 0 bridgehead atoms. The van der Waals surface area contributed by atoms with Gasteiger partial charge >= 0.3 is 0 Å². The molecule has 2 N–H and O–H groups in total. The van der Waals surface area contributed by atoms with Crippen molar-refractivity contribution in [3.63, 3.8) is 0 Å². The second-order valence-electron chi connectivity index (χ2n) is 3.91. The summed E-state index contributed by atoms with van der Waals surface area (Å²) < 4.78 is 1.09. The van der Waals surface area contributed by atoms with Crippen LogP contribution < -0.4 is 0 Å². The van der Waals surface area contributed by atoms with Gasteiger partial charge in [0.2, 0.25) is 0 Å². The number of benzene rings is 1. The number of aromatic nitrogens is 1. The molecule has 2 rings (SSSR count). The van der Waals surface area contributed by atoms with Gasteiger partial charge in [0, 0.05) is 21.1 Å². The molecule has 0 aliphatic rings. The standard InChI is InChI=1S/C12H14BrNO/c1-8(15)2-4-11-7-9-6-10(13)3-5-12(9)14-11/h3,5-8,14-15H,2,4H2,1H3/t8-/m1/s1. The number of halogens is 1. The fourth-order valence-electron chi connectivity index (χ4n) is 1.66. The lowest BCUT2D eigenvalue weighted by atomic mass is 10.1. The van der Waals surface area contributed by atoms with Gasteiger partial charge in [-0.2, -0.15) is 0 Å². The van der Waals surface area contributed by atoms with Crippen LogP contribution in [0.1, 0.15) is 19.0 Å². The van der Waals surface area contributed by atoms with Gasteiger partial charge in [-0.15, -0.1) is 0 Å². The Morgan fingerprint density at radius 2 is 2.20 bits per heavy atom. The number of fused-ring (bicyclic) bond motifs is 1. The molecule has 0 saturated carbocycles. The van der Waals surface area contributed by atoms with Gasteiger partial charge < -0.3 is 10.1 Å². The van der Waals surface area contributed by atoms with Gasteiger partial charge in [0.15, 0.2) is 0 Å². The first kappa shape index (κ1) is 10.7.